The zero-order valence-electron chi connectivity index (χ0n) is 16.0. The monoisotopic (exact) mass is 384 g/mol. The van der Waals surface area contributed by atoms with Gasteiger partial charge in [0, 0.05) is 25.4 Å². The van der Waals surface area contributed by atoms with Gasteiger partial charge in [-0.1, -0.05) is 30.3 Å². The second-order valence-electron chi connectivity index (χ2n) is 6.84. The summed E-state index contributed by atoms with van der Waals surface area (Å²) >= 11 is 0. The van der Waals surface area contributed by atoms with E-state index in [1.165, 1.54) is 5.56 Å². The topological polar surface area (TPSA) is 80.6 Å². The zero-order chi connectivity index (χ0) is 19.6. The number of aromatic nitrogens is 5. The van der Waals surface area contributed by atoms with E-state index in [0.29, 0.717) is 18.3 Å². The average Bonchev–Trinajstić information content (AvgIpc) is 3.30. The third-order valence-electron chi connectivity index (χ3n) is 4.87. The fourth-order valence-electron chi connectivity index (χ4n) is 3.40. The minimum absolute atomic E-state index is 0.584. The van der Waals surface area contributed by atoms with E-state index >= 15 is 0 Å². The lowest BCUT2D eigenvalue weighted by atomic mass is 10.2. The van der Waals surface area contributed by atoms with Crippen LogP contribution in [0.2, 0.25) is 0 Å². The molecule has 7 heteroatoms. The Morgan fingerprint density at radius 2 is 1.97 bits per heavy atom. The van der Waals surface area contributed by atoms with Gasteiger partial charge >= 0.3 is 0 Å². The van der Waals surface area contributed by atoms with Crippen molar-refractivity contribution in [2.24, 2.45) is 7.05 Å². The number of anilines is 2. The van der Waals surface area contributed by atoms with Crippen LogP contribution in [0.1, 0.15) is 5.56 Å². The lowest BCUT2D eigenvalue weighted by molar-refractivity contribution is 0.309. The van der Waals surface area contributed by atoms with E-state index in [1.54, 1.807) is 6.20 Å². The number of rotatable bonds is 6. The molecule has 144 valence electrons. The summed E-state index contributed by atoms with van der Waals surface area (Å²) in [4.78, 5) is 4.39. The van der Waals surface area contributed by atoms with Crippen LogP contribution >= 0.6 is 0 Å². The van der Waals surface area contributed by atoms with Crippen LogP contribution in [0, 0.1) is 0 Å². The number of nitrogens with zero attached hydrogens (tertiary/aromatic N) is 4. The lowest BCUT2D eigenvalue weighted by Crippen LogP contribution is -2.02. The maximum absolute atomic E-state index is 5.97. The molecule has 0 spiro atoms. The molecule has 0 bridgehead atoms. The number of benzene rings is 2. The molecule has 0 unspecified atom stereocenters. The molecule has 2 aromatic carbocycles. The van der Waals surface area contributed by atoms with E-state index in [2.05, 4.69) is 37.7 Å². The molecule has 29 heavy (non-hydrogen) atoms. The van der Waals surface area contributed by atoms with Gasteiger partial charge in [-0.2, -0.15) is 5.10 Å². The number of nitrogens with one attached hydrogen (secondary N) is 2. The average molecular weight is 384 g/mol. The van der Waals surface area contributed by atoms with Crippen LogP contribution in [0.3, 0.4) is 0 Å². The van der Waals surface area contributed by atoms with Gasteiger partial charge in [0.1, 0.15) is 5.52 Å². The Morgan fingerprint density at radius 3 is 2.86 bits per heavy atom. The predicted molar refractivity (Wildman–Crippen MR) is 114 cm³/mol. The fourth-order valence-corrected chi connectivity index (χ4v) is 3.40. The molecule has 0 saturated heterocycles. The van der Waals surface area contributed by atoms with E-state index < -0.39 is 0 Å². The van der Waals surface area contributed by atoms with E-state index in [-0.39, 0.29) is 0 Å². The van der Waals surface area contributed by atoms with Crippen molar-refractivity contribution in [3.63, 3.8) is 0 Å². The summed E-state index contributed by atoms with van der Waals surface area (Å²) in [5.74, 6) is 1.35. The highest BCUT2D eigenvalue weighted by Gasteiger charge is 2.12. The van der Waals surface area contributed by atoms with Crippen molar-refractivity contribution in [3.8, 4) is 5.88 Å². The van der Waals surface area contributed by atoms with Crippen LogP contribution in [0.5, 0.6) is 5.88 Å². The Hall–Kier alpha value is -3.87. The van der Waals surface area contributed by atoms with Crippen molar-refractivity contribution in [1.82, 2.24) is 25.0 Å². The highest BCUT2D eigenvalue weighted by molar-refractivity contribution is 5.91. The Labute approximate surface area is 167 Å². The van der Waals surface area contributed by atoms with Gasteiger partial charge in [0.2, 0.25) is 5.88 Å². The predicted octanol–water partition coefficient (Wildman–Crippen LogP) is 4.21. The molecule has 0 aliphatic heterocycles. The molecule has 7 nitrogen and oxygen atoms in total. The van der Waals surface area contributed by atoms with Crippen molar-refractivity contribution >= 4 is 33.4 Å². The van der Waals surface area contributed by atoms with Crippen molar-refractivity contribution < 1.29 is 4.74 Å². The maximum atomic E-state index is 5.97. The van der Waals surface area contributed by atoms with Crippen LogP contribution in [-0.4, -0.2) is 31.6 Å². The van der Waals surface area contributed by atoms with Crippen molar-refractivity contribution in [1.29, 1.82) is 0 Å². The lowest BCUT2D eigenvalue weighted by Gasteiger charge is -2.05. The second-order valence-corrected chi connectivity index (χ2v) is 6.84. The van der Waals surface area contributed by atoms with Gasteiger partial charge in [-0.05, 0) is 35.9 Å². The SMILES string of the molecule is Cn1nc(OCCc2ccccc2)c2ccc(Nc3n[nH]c4cccnc34)cc21. The van der Waals surface area contributed by atoms with Gasteiger partial charge in [-0.25, -0.2) is 0 Å². The molecule has 0 amide bonds. The highest BCUT2D eigenvalue weighted by atomic mass is 16.5. The molecular formula is C22H20N6O. The normalized spacial score (nSPS) is 11.2. The quantitative estimate of drug-likeness (QED) is 0.458. The van der Waals surface area contributed by atoms with E-state index in [0.717, 1.165) is 34.0 Å². The van der Waals surface area contributed by atoms with Gasteiger partial charge < -0.3 is 10.1 Å². The molecule has 0 fully saturated rings. The summed E-state index contributed by atoms with van der Waals surface area (Å²) in [5, 5.41) is 16.2. The van der Waals surface area contributed by atoms with E-state index in [9.17, 15) is 0 Å². The summed E-state index contributed by atoms with van der Waals surface area (Å²) in [6, 6.07) is 20.2. The van der Waals surface area contributed by atoms with Gasteiger partial charge in [-0.15, -0.1) is 5.10 Å². The van der Waals surface area contributed by atoms with Crippen LogP contribution in [0.4, 0.5) is 11.5 Å². The highest BCUT2D eigenvalue weighted by Crippen LogP contribution is 2.29. The molecule has 0 atom stereocenters. The first-order valence-corrected chi connectivity index (χ1v) is 9.47. The molecule has 5 aromatic rings. The summed E-state index contributed by atoms with van der Waals surface area (Å²) in [5.41, 5.74) is 4.85. The third-order valence-corrected chi connectivity index (χ3v) is 4.87. The largest absolute Gasteiger partial charge is 0.476 e. The van der Waals surface area contributed by atoms with Gasteiger partial charge in [0.25, 0.3) is 0 Å². The number of pyridine rings is 1. The first-order valence-electron chi connectivity index (χ1n) is 9.47. The van der Waals surface area contributed by atoms with Crippen LogP contribution in [0.25, 0.3) is 21.9 Å². The molecular weight excluding hydrogens is 364 g/mol. The molecule has 3 aromatic heterocycles. The first kappa shape index (κ1) is 17.2. The third kappa shape index (κ3) is 3.38. The Bertz CT molecular complexity index is 1270. The molecule has 0 radical (unpaired) electrons. The van der Waals surface area contributed by atoms with E-state index in [4.69, 9.17) is 4.74 Å². The number of fused-ring (bicyclic) bond motifs is 2. The van der Waals surface area contributed by atoms with Crippen molar-refractivity contribution in [2.75, 3.05) is 11.9 Å². The molecule has 5 rings (SSSR count). The van der Waals surface area contributed by atoms with Crippen LogP contribution in [0.15, 0.2) is 66.9 Å². The van der Waals surface area contributed by atoms with Crippen LogP contribution in [-0.2, 0) is 13.5 Å². The maximum Gasteiger partial charge on any atom is 0.240 e. The Morgan fingerprint density at radius 1 is 1.07 bits per heavy atom. The molecule has 3 heterocycles. The smallest absolute Gasteiger partial charge is 0.240 e. The molecule has 2 N–H and O–H groups in total. The van der Waals surface area contributed by atoms with Gasteiger partial charge in [0.15, 0.2) is 5.82 Å². The number of aryl methyl sites for hydroxylation is 1. The zero-order valence-corrected chi connectivity index (χ0v) is 16.0. The van der Waals surface area contributed by atoms with Crippen molar-refractivity contribution in [3.05, 3.63) is 72.4 Å². The fraction of sp³-hybridized carbons (Fsp3) is 0.136. The summed E-state index contributed by atoms with van der Waals surface area (Å²) in [7, 11) is 1.92. The standard InChI is InChI=1S/C22H20N6O/c1-28-19-14-16(24-21-20-18(25-26-21)8-5-12-23-20)9-10-17(19)22(27-28)29-13-11-15-6-3-2-4-7-15/h2-10,12,14H,11,13H2,1H3,(H2,24,25,26). The minimum Gasteiger partial charge on any atom is -0.476 e. The minimum atomic E-state index is 0.584. The molecule has 0 aliphatic rings. The molecule has 0 saturated carbocycles. The first-order chi connectivity index (χ1) is 14.3. The summed E-state index contributed by atoms with van der Waals surface area (Å²) in [6.07, 6.45) is 2.60. The number of hydrogen-bond donors (Lipinski definition) is 2. The summed E-state index contributed by atoms with van der Waals surface area (Å²) in [6.45, 7) is 0.584. The molecule has 0 aliphatic carbocycles. The van der Waals surface area contributed by atoms with Crippen LogP contribution < -0.4 is 10.1 Å². The van der Waals surface area contributed by atoms with Gasteiger partial charge in [-0.3, -0.25) is 14.8 Å². The number of hydrogen-bond acceptors (Lipinski definition) is 5. The van der Waals surface area contributed by atoms with E-state index in [1.807, 2.05) is 60.3 Å². The Balaban J connectivity index is 1.36. The van der Waals surface area contributed by atoms with Crippen molar-refractivity contribution in [2.45, 2.75) is 6.42 Å². The van der Waals surface area contributed by atoms with Gasteiger partial charge in [0.05, 0.1) is 23.0 Å². The number of ether oxygens (including phenoxy) is 1. The number of H-pyrrole nitrogens is 1. The Kier molecular flexibility index (Phi) is 4.32. The summed E-state index contributed by atoms with van der Waals surface area (Å²) < 4.78 is 7.80. The number of aromatic amines is 1. The second kappa shape index (κ2) is 7.27.